The molecule has 1 aliphatic rings. The Morgan fingerprint density at radius 2 is 0.770 bits per heavy atom. The molecule has 0 saturated carbocycles. The highest BCUT2D eigenvalue weighted by Crippen LogP contribution is 2.23. The zero-order valence-electron chi connectivity index (χ0n) is 48.6. The van der Waals surface area contributed by atoms with Gasteiger partial charge in [0.25, 0.3) is 0 Å². The van der Waals surface area contributed by atoms with Crippen LogP contribution in [0.2, 0.25) is 0 Å². The van der Waals surface area contributed by atoms with Crippen molar-refractivity contribution in [2.75, 3.05) is 13.2 Å². The summed E-state index contributed by atoms with van der Waals surface area (Å²) in [6.45, 7) is 3.81. The van der Waals surface area contributed by atoms with Gasteiger partial charge in [-0.1, -0.05) is 288 Å². The first-order valence-electron chi connectivity index (χ1n) is 32.2. The zero-order chi connectivity index (χ0) is 53.6. The van der Waals surface area contributed by atoms with Crippen LogP contribution in [0, 0.1) is 0 Å². The van der Waals surface area contributed by atoms with Crippen LogP contribution in [0.4, 0.5) is 0 Å². The van der Waals surface area contributed by atoms with Crippen LogP contribution < -0.4 is 5.32 Å². The summed E-state index contributed by atoms with van der Waals surface area (Å²) in [6, 6.07) is -0.822. The van der Waals surface area contributed by atoms with Gasteiger partial charge in [0.1, 0.15) is 24.4 Å². The monoisotopic (exact) mass is 1050 g/mol. The van der Waals surface area contributed by atoms with E-state index in [4.69, 9.17) is 9.47 Å². The third kappa shape index (κ3) is 43.4. The molecule has 0 spiro atoms. The Balaban J connectivity index is 2.18. The van der Waals surface area contributed by atoms with Gasteiger partial charge in [-0.25, -0.2) is 0 Å². The number of rotatable bonds is 56. The minimum Gasteiger partial charge on any atom is -0.394 e. The molecule has 0 bridgehead atoms. The zero-order valence-corrected chi connectivity index (χ0v) is 48.6. The first-order valence-corrected chi connectivity index (χ1v) is 32.2. The van der Waals surface area contributed by atoms with E-state index in [1.54, 1.807) is 6.08 Å². The maximum Gasteiger partial charge on any atom is 0.220 e. The summed E-state index contributed by atoms with van der Waals surface area (Å²) >= 11 is 0. The van der Waals surface area contributed by atoms with Gasteiger partial charge in [0, 0.05) is 6.42 Å². The van der Waals surface area contributed by atoms with Gasteiger partial charge in [-0.05, 0) is 57.8 Å². The fraction of sp³-hybridized carbons (Fsp3) is 0.892. The Kier molecular flexibility index (Phi) is 52.1. The van der Waals surface area contributed by atoms with Gasteiger partial charge in [-0.2, -0.15) is 0 Å². The summed E-state index contributed by atoms with van der Waals surface area (Å²) in [4.78, 5) is 13.1. The van der Waals surface area contributed by atoms with Crippen LogP contribution in [-0.2, 0) is 14.3 Å². The van der Waals surface area contributed by atoms with E-state index >= 15 is 0 Å². The van der Waals surface area contributed by atoms with Crippen LogP contribution in [-0.4, -0.2) is 87.5 Å². The van der Waals surface area contributed by atoms with Crippen LogP contribution in [0.3, 0.4) is 0 Å². The maximum absolute atomic E-state index is 13.1. The van der Waals surface area contributed by atoms with E-state index < -0.39 is 49.5 Å². The van der Waals surface area contributed by atoms with Gasteiger partial charge in [-0.15, -0.1) is 0 Å². The van der Waals surface area contributed by atoms with Crippen LogP contribution in [0.15, 0.2) is 36.5 Å². The summed E-state index contributed by atoms with van der Waals surface area (Å²) in [5, 5.41) is 54.6. The van der Waals surface area contributed by atoms with Gasteiger partial charge >= 0.3 is 0 Å². The fourth-order valence-electron chi connectivity index (χ4n) is 10.3. The molecule has 1 amide bonds. The van der Waals surface area contributed by atoms with E-state index in [0.717, 1.165) is 38.5 Å². The summed E-state index contributed by atoms with van der Waals surface area (Å²) in [7, 11) is 0. The van der Waals surface area contributed by atoms with Gasteiger partial charge < -0.3 is 40.3 Å². The number of allylic oxidation sites excluding steroid dienone is 5. The predicted molar refractivity (Wildman–Crippen MR) is 313 cm³/mol. The molecule has 0 radical (unpaired) electrons. The Labute approximate surface area is 457 Å². The van der Waals surface area contributed by atoms with Crippen molar-refractivity contribution in [2.24, 2.45) is 0 Å². The van der Waals surface area contributed by atoms with Crippen molar-refractivity contribution in [3.8, 4) is 0 Å². The normalized spacial score (nSPS) is 19.1. The van der Waals surface area contributed by atoms with Crippen molar-refractivity contribution in [3.63, 3.8) is 0 Å². The number of hydrogen-bond acceptors (Lipinski definition) is 8. The van der Waals surface area contributed by atoms with E-state index in [2.05, 4.69) is 43.5 Å². The molecule has 9 nitrogen and oxygen atoms in total. The molecule has 9 heteroatoms. The molecular weight excluding hydrogens is 923 g/mol. The number of hydrogen-bond donors (Lipinski definition) is 6. The average Bonchev–Trinajstić information content (AvgIpc) is 3.40. The molecule has 74 heavy (non-hydrogen) atoms. The molecule has 1 fully saturated rings. The Morgan fingerprint density at radius 1 is 0.446 bits per heavy atom. The van der Waals surface area contributed by atoms with E-state index in [1.165, 1.54) is 257 Å². The fourth-order valence-corrected chi connectivity index (χ4v) is 10.3. The Morgan fingerprint density at radius 3 is 1.14 bits per heavy atom. The van der Waals surface area contributed by atoms with Crippen LogP contribution in [0.1, 0.15) is 316 Å². The average molecular weight is 1050 g/mol. The third-order valence-corrected chi connectivity index (χ3v) is 15.4. The molecule has 1 saturated heterocycles. The lowest BCUT2D eigenvalue weighted by molar-refractivity contribution is -0.302. The molecule has 0 aliphatic carbocycles. The molecule has 1 rings (SSSR count). The Bertz CT molecular complexity index is 1260. The predicted octanol–water partition coefficient (Wildman–Crippen LogP) is 16.7. The number of amides is 1. The summed E-state index contributed by atoms with van der Waals surface area (Å²) in [6.07, 6.45) is 65.2. The summed E-state index contributed by atoms with van der Waals surface area (Å²) < 4.78 is 11.3. The van der Waals surface area contributed by atoms with Crippen LogP contribution in [0.25, 0.3) is 0 Å². The highest BCUT2D eigenvalue weighted by atomic mass is 16.7. The van der Waals surface area contributed by atoms with Crippen LogP contribution in [0.5, 0.6) is 0 Å². The molecule has 0 aromatic heterocycles. The SMILES string of the molecule is CCCCCCCCCCCCCC/C=C\CCCCCCCCCCCCCCCC(=O)NC(COC1OC(CO)C(O)C(O)C1O)C(O)/C=C/CC/C=C/CCCCCCCCCCCCCCCCCC. The topological polar surface area (TPSA) is 149 Å². The quantitative estimate of drug-likeness (QED) is 0.0261. The minimum absolute atomic E-state index is 0.182. The van der Waals surface area contributed by atoms with Crippen molar-refractivity contribution in [1.29, 1.82) is 0 Å². The van der Waals surface area contributed by atoms with E-state index in [0.29, 0.717) is 6.42 Å². The lowest BCUT2D eigenvalue weighted by atomic mass is 9.99. The van der Waals surface area contributed by atoms with Crippen molar-refractivity contribution in [3.05, 3.63) is 36.5 Å². The molecule has 6 N–H and O–H groups in total. The maximum atomic E-state index is 13.1. The van der Waals surface area contributed by atoms with E-state index in [1.807, 2.05) is 6.08 Å². The van der Waals surface area contributed by atoms with Crippen molar-refractivity contribution in [1.82, 2.24) is 5.32 Å². The summed E-state index contributed by atoms with van der Waals surface area (Å²) in [5.74, 6) is -0.182. The molecule has 0 aromatic carbocycles. The number of nitrogens with one attached hydrogen (secondary N) is 1. The number of ether oxygens (including phenoxy) is 2. The molecule has 1 heterocycles. The third-order valence-electron chi connectivity index (χ3n) is 15.4. The Hall–Kier alpha value is -1.59. The highest BCUT2D eigenvalue weighted by Gasteiger charge is 2.44. The van der Waals surface area contributed by atoms with E-state index in [9.17, 15) is 30.3 Å². The van der Waals surface area contributed by atoms with Gasteiger partial charge in [0.2, 0.25) is 5.91 Å². The van der Waals surface area contributed by atoms with E-state index in [-0.39, 0.29) is 12.5 Å². The number of aliphatic hydroxyl groups excluding tert-OH is 5. The largest absolute Gasteiger partial charge is 0.394 e. The molecule has 7 atom stereocenters. The standard InChI is InChI=1S/C65H123NO8/c1-3-5-7-9-11-13-15-17-19-21-23-25-27-28-29-30-31-32-33-35-37-39-41-43-45-47-49-51-53-55-61(69)66-58(57-73-65-64(72)63(71)62(70)60(56-67)74-65)59(68)54-52-50-48-46-44-42-40-38-36-34-26-24-22-20-18-16-14-12-10-8-6-4-2/h28-29,44,46,52,54,58-60,62-65,67-68,70-72H,3-27,30-43,45,47-51,53,55-57H2,1-2H3,(H,66,69)/b29-28-,46-44+,54-52+. The second-order valence-corrected chi connectivity index (χ2v) is 22.5. The minimum atomic E-state index is -1.57. The lowest BCUT2D eigenvalue weighted by Gasteiger charge is -2.40. The van der Waals surface area contributed by atoms with Gasteiger partial charge in [-0.3, -0.25) is 4.79 Å². The van der Waals surface area contributed by atoms with Gasteiger partial charge in [0.05, 0.1) is 25.4 Å². The number of carbonyl (C=O) groups excluding carboxylic acids is 1. The second-order valence-electron chi connectivity index (χ2n) is 22.5. The molecule has 436 valence electrons. The van der Waals surface area contributed by atoms with Crippen molar-refractivity contribution in [2.45, 2.75) is 358 Å². The first-order chi connectivity index (χ1) is 36.3. The molecule has 0 aromatic rings. The van der Waals surface area contributed by atoms with Gasteiger partial charge in [0.15, 0.2) is 6.29 Å². The van der Waals surface area contributed by atoms with Crippen molar-refractivity contribution >= 4 is 5.91 Å². The second kappa shape index (κ2) is 54.8. The summed E-state index contributed by atoms with van der Waals surface area (Å²) in [5.41, 5.74) is 0. The number of aliphatic hydroxyl groups is 5. The first kappa shape index (κ1) is 70.4. The molecule has 1 aliphatic heterocycles. The van der Waals surface area contributed by atoms with Crippen molar-refractivity contribution < 1.29 is 39.8 Å². The lowest BCUT2D eigenvalue weighted by Crippen LogP contribution is -2.60. The molecule has 7 unspecified atom stereocenters. The smallest absolute Gasteiger partial charge is 0.220 e. The molecular formula is C65H123NO8. The van der Waals surface area contributed by atoms with Crippen LogP contribution >= 0.6 is 0 Å². The number of carbonyl (C=O) groups is 1. The number of unbranched alkanes of at least 4 members (excludes halogenated alkanes) is 42. The highest BCUT2D eigenvalue weighted by molar-refractivity contribution is 5.76.